The number of fused-ring (bicyclic) bond motifs is 10. The first-order chi connectivity index (χ1) is 23.3. The van der Waals surface area contributed by atoms with Gasteiger partial charge in [0.05, 0.1) is 0 Å². The van der Waals surface area contributed by atoms with Crippen molar-refractivity contribution in [2.75, 3.05) is 0 Å². The van der Waals surface area contributed by atoms with Crippen molar-refractivity contribution >= 4 is 65.0 Å². The predicted molar refractivity (Wildman–Crippen MR) is 200 cm³/mol. The van der Waals surface area contributed by atoms with Crippen molar-refractivity contribution in [3.8, 4) is 33.4 Å². The quantitative estimate of drug-likeness (QED) is 0.185. The Morgan fingerprint density at radius 2 is 0.638 bits per heavy atom. The van der Waals surface area contributed by atoms with Crippen LogP contribution in [0.1, 0.15) is 0 Å². The zero-order valence-corrected chi connectivity index (χ0v) is 25.6. The molecule has 0 bridgehead atoms. The summed E-state index contributed by atoms with van der Waals surface area (Å²) in [6, 6.07) is 61.7. The normalized spacial score (nSPS) is 11.8. The second-order valence-corrected chi connectivity index (χ2v) is 12.5. The number of furan rings is 1. The van der Waals surface area contributed by atoms with Crippen LogP contribution in [0, 0.1) is 0 Å². The minimum atomic E-state index is 0.911. The molecule has 10 aromatic rings. The Labute approximate surface area is 271 Å². The minimum Gasteiger partial charge on any atom is -0.456 e. The fourth-order valence-corrected chi connectivity index (χ4v) is 7.46. The molecule has 1 heterocycles. The summed E-state index contributed by atoms with van der Waals surface area (Å²) in [6.07, 6.45) is 0. The SMILES string of the molecule is c1ccc(-c2ccc3oc4ccc(-c5ccc6ccc(-c7ccc8c9ccccc9c9ccccc9c8c7)cc6c5)cc4c3c2)cc1. The van der Waals surface area contributed by atoms with Crippen LogP contribution in [0.5, 0.6) is 0 Å². The van der Waals surface area contributed by atoms with Crippen molar-refractivity contribution in [2.45, 2.75) is 0 Å². The molecule has 0 unspecified atom stereocenters. The summed E-state index contributed by atoms with van der Waals surface area (Å²) in [7, 11) is 0. The smallest absolute Gasteiger partial charge is 0.135 e. The van der Waals surface area contributed by atoms with Crippen molar-refractivity contribution < 1.29 is 4.42 Å². The van der Waals surface area contributed by atoms with Crippen LogP contribution in [0.4, 0.5) is 0 Å². The average Bonchev–Trinajstić information content (AvgIpc) is 3.52. The van der Waals surface area contributed by atoms with E-state index in [0.29, 0.717) is 0 Å². The van der Waals surface area contributed by atoms with Crippen LogP contribution in [0.15, 0.2) is 174 Å². The summed E-state index contributed by atoms with van der Waals surface area (Å²) in [5, 5.41) is 12.5. The topological polar surface area (TPSA) is 13.1 Å². The van der Waals surface area contributed by atoms with Gasteiger partial charge in [-0.2, -0.15) is 0 Å². The van der Waals surface area contributed by atoms with Gasteiger partial charge in [-0.3, -0.25) is 0 Å². The molecule has 1 nitrogen and oxygen atoms in total. The Bertz CT molecular complexity index is 2800. The molecule has 0 fully saturated rings. The average molecular weight is 597 g/mol. The third-order valence-electron chi connectivity index (χ3n) is 9.83. The van der Waals surface area contributed by atoms with Crippen LogP contribution in [-0.4, -0.2) is 0 Å². The highest BCUT2D eigenvalue weighted by Crippen LogP contribution is 2.39. The molecule has 0 aliphatic carbocycles. The molecule has 0 radical (unpaired) electrons. The van der Waals surface area contributed by atoms with Gasteiger partial charge in [0.25, 0.3) is 0 Å². The standard InChI is InChI=1S/C46H28O/c1-2-8-29(9-3-1)33-19-22-45-43(27-33)44-28-35(20-23-46(44)47-45)32-17-15-30-14-16-31(24-36(30)25-32)34-18-21-41-39-12-5-4-10-37(39)38-11-6-7-13-40(38)42(41)26-34/h1-28H. The summed E-state index contributed by atoms with van der Waals surface area (Å²) in [6.45, 7) is 0. The lowest BCUT2D eigenvalue weighted by atomic mass is 9.91. The molecular weight excluding hydrogens is 569 g/mol. The van der Waals surface area contributed by atoms with E-state index in [1.54, 1.807) is 0 Å². The first-order valence-corrected chi connectivity index (χ1v) is 16.2. The second-order valence-electron chi connectivity index (χ2n) is 12.5. The summed E-state index contributed by atoms with van der Waals surface area (Å²) in [5.74, 6) is 0. The van der Waals surface area contributed by atoms with E-state index < -0.39 is 0 Å². The summed E-state index contributed by atoms with van der Waals surface area (Å²) < 4.78 is 6.25. The molecule has 0 amide bonds. The third-order valence-corrected chi connectivity index (χ3v) is 9.83. The van der Waals surface area contributed by atoms with E-state index in [-0.39, 0.29) is 0 Å². The predicted octanol–water partition coefficient (Wildman–Crippen LogP) is 13.2. The Kier molecular flexibility index (Phi) is 5.64. The lowest BCUT2D eigenvalue weighted by molar-refractivity contribution is 0.669. The van der Waals surface area contributed by atoms with Gasteiger partial charge in [-0.05, 0) is 119 Å². The van der Waals surface area contributed by atoms with Gasteiger partial charge in [-0.15, -0.1) is 0 Å². The lowest BCUT2D eigenvalue weighted by Crippen LogP contribution is -1.85. The van der Waals surface area contributed by atoms with Gasteiger partial charge in [0.15, 0.2) is 0 Å². The van der Waals surface area contributed by atoms with E-state index in [1.807, 2.05) is 0 Å². The first-order valence-electron chi connectivity index (χ1n) is 16.2. The van der Waals surface area contributed by atoms with E-state index in [9.17, 15) is 0 Å². The molecule has 0 atom stereocenters. The third kappa shape index (κ3) is 4.17. The van der Waals surface area contributed by atoms with Crippen LogP contribution >= 0.6 is 0 Å². The Morgan fingerprint density at radius 3 is 1.21 bits per heavy atom. The molecule has 0 saturated carbocycles. The summed E-state index contributed by atoms with van der Waals surface area (Å²) >= 11 is 0. The molecule has 1 aromatic heterocycles. The molecule has 47 heavy (non-hydrogen) atoms. The minimum absolute atomic E-state index is 0.911. The van der Waals surface area contributed by atoms with Gasteiger partial charge in [0.2, 0.25) is 0 Å². The van der Waals surface area contributed by atoms with E-state index in [4.69, 9.17) is 4.42 Å². The zero-order valence-electron chi connectivity index (χ0n) is 25.6. The van der Waals surface area contributed by atoms with Gasteiger partial charge in [-0.1, -0.05) is 127 Å². The van der Waals surface area contributed by atoms with Crippen molar-refractivity contribution in [3.63, 3.8) is 0 Å². The highest BCUT2D eigenvalue weighted by Gasteiger charge is 2.12. The van der Waals surface area contributed by atoms with Gasteiger partial charge in [-0.25, -0.2) is 0 Å². The monoisotopic (exact) mass is 596 g/mol. The maximum absolute atomic E-state index is 6.25. The Hall–Kier alpha value is -6.18. The fraction of sp³-hybridized carbons (Fsp3) is 0. The van der Waals surface area contributed by atoms with Crippen LogP contribution in [0.25, 0.3) is 98.4 Å². The van der Waals surface area contributed by atoms with Crippen molar-refractivity contribution in [1.29, 1.82) is 0 Å². The molecule has 0 N–H and O–H groups in total. The van der Waals surface area contributed by atoms with Gasteiger partial charge < -0.3 is 4.42 Å². The lowest BCUT2D eigenvalue weighted by Gasteiger charge is -2.12. The fourth-order valence-electron chi connectivity index (χ4n) is 7.46. The molecule has 1 heteroatoms. The number of rotatable bonds is 3. The summed E-state index contributed by atoms with van der Waals surface area (Å²) in [5.41, 5.74) is 9.05. The van der Waals surface area contributed by atoms with Crippen LogP contribution in [0.2, 0.25) is 0 Å². The number of hydrogen-bond donors (Lipinski definition) is 0. The van der Waals surface area contributed by atoms with Gasteiger partial charge >= 0.3 is 0 Å². The molecule has 9 aromatic carbocycles. The Morgan fingerprint density at radius 1 is 0.234 bits per heavy atom. The van der Waals surface area contributed by atoms with E-state index >= 15 is 0 Å². The largest absolute Gasteiger partial charge is 0.456 e. The van der Waals surface area contributed by atoms with E-state index in [1.165, 1.54) is 76.5 Å². The second kappa shape index (κ2) is 10.2. The maximum Gasteiger partial charge on any atom is 0.135 e. The van der Waals surface area contributed by atoms with Crippen LogP contribution in [-0.2, 0) is 0 Å². The van der Waals surface area contributed by atoms with E-state index in [2.05, 4.69) is 170 Å². The molecular formula is C46H28O. The molecule has 0 saturated heterocycles. The van der Waals surface area contributed by atoms with Crippen molar-refractivity contribution in [3.05, 3.63) is 170 Å². The molecule has 10 rings (SSSR count). The maximum atomic E-state index is 6.25. The zero-order chi connectivity index (χ0) is 30.9. The van der Waals surface area contributed by atoms with E-state index in [0.717, 1.165) is 21.9 Å². The summed E-state index contributed by atoms with van der Waals surface area (Å²) in [4.78, 5) is 0. The van der Waals surface area contributed by atoms with Gasteiger partial charge in [0, 0.05) is 10.8 Å². The highest BCUT2D eigenvalue weighted by molar-refractivity contribution is 6.25. The first kappa shape index (κ1) is 26.1. The number of hydrogen-bond acceptors (Lipinski definition) is 1. The molecule has 218 valence electrons. The molecule has 0 aliphatic heterocycles. The van der Waals surface area contributed by atoms with Crippen LogP contribution < -0.4 is 0 Å². The van der Waals surface area contributed by atoms with Crippen LogP contribution in [0.3, 0.4) is 0 Å². The molecule has 0 aliphatic rings. The molecule has 0 spiro atoms. The highest BCUT2D eigenvalue weighted by atomic mass is 16.3. The van der Waals surface area contributed by atoms with Gasteiger partial charge in [0.1, 0.15) is 11.2 Å². The number of benzene rings is 9. The van der Waals surface area contributed by atoms with Crippen molar-refractivity contribution in [1.82, 2.24) is 0 Å². The van der Waals surface area contributed by atoms with Crippen molar-refractivity contribution in [2.24, 2.45) is 0 Å². The Balaban J connectivity index is 1.09.